The quantitative estimate of drug-likeness (QED) is 0.883. The summed E-state index contributed by atoms with van der Waals surface area (Å²) in [5, 5.41) is 11.9. The summed E-state index contributed by atoms with van der Waals surface area (Å²) in [6.45, 7) is 6.25. The summed E-state index contributed by atoms with van der Waals surface area (Å²) < 4.78 is 0. The van der Waals surface area contributed by atoms with Gasteiger partial charge in [-0.05, 0) is 24.8 Å². The van der Waals surface area contributed by atoms with Crippen molar-refractivity contribution in [1.82, 2.24) is 5.06 Å². The van der Waals surface area contributed by atoms with Crippen LogP contribution in [-0.4, -0.2) is 27.7 Å². The molecule has 3 heteroatoms. The van der Waals surface area contributed by atoms with Crippen LogP contribution in [0.4, 0.5) is 0 Å². The summed E-state index contributed by atoms with van der Waals surface area (Å²) in [5.41, 5.74) is 1.70. The van der Waals surface area contributed by atoms with E-state index in [9.17, 15) is 5.21 Å². The van der Waals surface area contributed by atoms with Crippen molar-refractivity contribution in [3.63, 3.8) is 0 Å². The summed E-state index contributed by atoms with van der Waals surface area (Å²) in [7, 11) is 0. The molecule has 18 heavy (non-hydrogen) atoms. The lowest BCUT2D eigenvalue weighted by Crippen LogP contribution is -2.46. The molecule has 1 aromatic rings. The van der Waals surface area contributed by atoms with E-state index in [-0.39, 0.29) is 6.04 Å². The van der Waals surface area contributed by atoms with Gasteiger partial charge < -0.3 is 5.21 Å². The molecule has 1 aliphatic rings. The third-order valence-electron chi connectivity index (χ3n) is 3.95. The van der Waals surface area contributed by atoms with Crippen LogP contribution in [0.1, 0.15) is 45.6 Å². The van der Waals surface area contributed by atoms with Gasteiger partial charge in [0.05, 0.1) is 11.8 Å². The van der Waals surface area contributed by atoms with Crippen molar-refractivity contribution in [2.24, 2.45) is 4.99 Å². The molecule has 0 radical (unpaired) electrons. The highest BCUT2D eigenvalue weighted by atomic mass is 16.5. The third-order valence-corrected chi connectivity index (χ3v) is 3.95. The summed E-state index contributed by atoms with van der Waals surface area (Å²) >= 11 is 0. The second kappa shape index (κ2) is 5.21. The predicted molar refractivity (Wildman–Crippen MR) is 74.0 cm³/mol. The summed E-state index contributed by atoms with van der Waals surface area (Å²) in [6, 6.07) is 10.2. The molecule has 0 aromatic heterocycles. The number of benzene rings is 1. The van der Waals surface area contributed by atoms with Crippen molar-refractivity contribution < 1.29 is 5.21 Å². The van der Waals surface area contributed by atoms with E-state index < -0.39 is 5.66 Å². The first-order valence-corrected chi connectivity index (χ1v) is 6.82. The van der Waals surface area contributed by atoms with Crippen LogP contribution in [-0.2, 0) is 0 Å². The zero-order valence-electron chi connectivity index (χ0n) is 11.4. The Balaban J connectivity index is 2.45. The van der Waals surface area contributed by atoms with E-state index in [1.165, 1.54) is 5.06 Å². The first-order valence-electron chi connectivity index (χ1n) is 6.82. The third kappa shape index (κ3) is 1.98. The number of hydroxylamine groups is 2. The monoisotopic (exact) mass is 246 g/mol. The fourth-order valence-corrected chi connectivity index (χ4v) is 2.72. The Kier molecular flexibility index (Phi) is 3.83. The maximum absolute atomic E-state index is 10.4. The van der Waals surface area contributed by atoms with Crippen LogP contribution in [0.25, 0.3) is 0 Å². The van der Waals surface area contributed by atoms with Crippen molar-refractivity contribution in [1.29, 1.82) is 0 Å². The Morgan fingerprint density at radius 3 is 2.28 bits per heavy atom. The molecule has 0 bridgehead atoms. The molecule has 0 saturated heterocycles. The van der Waals surface area contributed by atoms with E-state index >= 15 is 0 Å². The van der Waals surface area contributed by atoms with E-state index in [2.05, 4.69) is 32.9 Å². The molecule has 1 aromatic carbocycles. The van der Waals surface area contributed by atoms with Crippen LogP contribution >= 0.6 is 0 Å². The minimum absolute atomic E-state index is 0.00676. The summed E-state index contributed by atoms with van der Waals surface area (Å²) in [5.74, 6) is 0. The molecule has 98 valence electrons. The highest BCUT2D eigenvalue weighted by molar-refractivity contribution is 6.05. The Morgan fingerprint density at radius 1 is 1.17 bits per heavy atom. The normalized spacial score (nSPS) is 23.1. The molecule has 1 unspecified atom stereocenters. The fourth-order valence-electron chi connectivity index (χ4n) is 2.72. The lowest BCUT2D eigenvalue weighted by Gasteiger charge is -2.32. The molecule has 1 N–H and O–H groups in total. The van der Waals surface area contributed by atoms with E-state index in [1.807, 2.05) is 18.2 Å². The van der Waals surface area contributed by atoms with Gasteiger partial charge in [-0.25, -0.2) is 0 Å². The molecule has 1 heterocycles. The second-order valence-electron chi connectivity index (χ2n) is 4.82. The second-order valence-corrected chi connectivity index (χ2v) is 4.82. The SMILES string of the molecule is CCC1C(c2ccccc2)=NC(CC)(CC)N1O. The molecule has 0 saturated carbocycles. The van der Waals surface area contributed by atoms with Gasteiger partial charge in [0, 0.05) is 0 Å². The van der Waals surface area contributed by atoms with E-state index in [0.717, 1.165) is 30.5 Å². The van der Waals surface area contributed by atoms with Crippen LogP contribution in [0.5, 0.6) is 0 Å². The molecule has 2 rings (SSSR count). The zero-order chi connectivity index (χ0) is 13.2. The average Bonchev–Trinajstić information content (AvgIpc) is 2.73. The van der Waals surface area contributed by atoms with Crippen molar-refractivity contribution in [2.45, 2.75) is 51.7 Å². The first kappa shape index (κ1) is 13.2. The van der Waals surface area contributed by atoms with E-state index in [4.69, 9.17) is 4.99 Å². The summed E-state index contributed by atoms with van der Waals surface area (Å²) in [6.07, 6.45) is 2.52. The van der Waals surface area contributed by atoms with Gasteiger partial charge >= 0.3 is 0 Å². The molecule has 0 spiro atoms. The van der Waals surface area contributed by atoms with Crippen LogP contribution in [0, 0.1) is 0 Å². The summed E-state index contributed by atoms with van der Waals surface area (Å²) in [4.78, 5) is 4.85. The molecular weight excluding hydrogens is 224 g/mol. The van der Waals surface area contributed by atoms with Gasteiger partial charge in [-0.3, -0.25) is 4.99 Å². The largest absolute Gasteiger partial charge is 0.311 e. The van der Waals surface area contributed by atoms with Gasteiger partial charge in [0.25, 0.3) is 0 Å². The Morgan fingerprint density at radius 2 is 1.78 bits per heavy atom. The molecule has 3 nitrogen and oxygen atoms in total. The number of aliphatic imine (C=N–C) groups is 1. The molecular formula is C15H22N2O. The molecule has 0 aliphatic carbocycles. The van der Waals surface area contributed by atoms with Gasteiger partial charge in [-0.2, -0.15) is 5.06 Å². The van der Waals surface area contributed by atoms with Gasteiger partial charge in [0.2, 0.25) is 0 Å². The predicted octanol–water partition coefficient (Wildman–Crippen LogP) is 3.48. The van der Waals surface area contributed by atoms with Crippen molar-refractivity contribution >= 4 is 5.71 Å². The van der Waals surface area contributed by atoms with E-state index in [0.29, 0.717) is 0 Å². The number of nitrogens with zero attached hydrogens (tertiary/aromatic N) is 2. The van der Waals surface area contributed by atoms with Crippen LogP contribution in [0.15, 0.2) is 35.3 Å². The van der Waals surface area contributed by atoms with Gasteiger partial charge in [0.1, 0.15) is 5.66 Å². The van der Waals surface area contributed by atoms with Gasteiger partial charge in [-0.1, -0.05) is 51.1 Å². The maximum Gasteiger partial charge on any atom is 0.135 e. The van der Waals surface area contributed by atoms with Crippen LogP contribution in [0.2, 0.25) is 0 Å². The highest BCUT2D eigenvalue weighted by Gasteiger charge is 2.44. The van der Waals surface area contributed by atoms with Crippen molar-refractivity contribution in [2.75, 3.05) is 0 Å². The van der Waals surface area contributed by atoms with Crippen LogP contribution in [0.3, 0.4) is 0 Å². The van der Waals surface area contributed by atoms with E-state index in [1.54, 1.807) is 0 Å². The first-order chi connectivity index (χ1) is 8.68. The Hall–Kier alpha value is -1.19. The lowest BCUT2D eigenvalue weighted by atomic mass is 10.0. The van der Waals surface area contributed by atoms with Crippen molar-refractivity contribution in [3.05, 3.63) is 35.9 Å². The Bertz CT molecular complexity index is 423. The molecule has 0 amide bonds. The average molecular weight is 246 g/mol. The minimum atomic E-state index is -0.439. The molecule has 1 aliphatic heterocycles. The maximum atomic E-state index is 10.4. The highest BCUT2D eigenvalue weighted by Crippen LogP contribution is 2.35. The zero-order valence-corrected chi connectivity index (χ0v) is 11.4. The van der Waals surface area contributed by atoms with Crippen LogP contribution < -0.4 is 0 Å². The molecule has 1 atom stereocenters. The molecule has 0 fully saturated rings. The standard InChI is InChI=1S/C15H22N2O/c1-4-13-14(12-10-8-7-9-11-12)16-15(5-2,6-3)17(13)18/h7-11,13,18H,4-6H2,1-3H3. The smallest absolute Gasteiger partial charge is 0.135 e. The topological polar surface area (TPSA) is 35.8 Å². The Labute approximate surface area is 109 Å². The fraction of sp³-hybridized carbons (Fsp3) is 0.533. The number of hydrogen-bond donors (Lipinski definition) is 1. The van der Waals surface area contributed by atoms with Gasteiger partial charge in [-0.15, -0.1) is 0 Å². The number of hydrogen-bond acceptors (Lipinski definition) is 3. The number of rotatable bonds is 4. The minimum Gasteiger partial charge on any atom is -0.311 e. The van der Waals surface area contributed by atoms with Gasteiger partial charge in [0.15, 0.2) is 0 Å². The lowest BCUT2D eigenvalue weighted by molar-refractivity contribution is -0.178. The van der Waals surface area contributed by atoms with Crippen molar-refractivity contribution in [3.8, 4) is 0 Å².